The van der Waals surface area contributed by atoms with Crippen LogP contribution in [0.4, 0.5) is 5.82 Å². The normalized spacial score (nSPS) is 13.2. The molecule has 0 aliphatic rings. The lowest BCUT2D eigenvalue weighted by Crippen LogP contribution is -2.38. The van der Waals surface area contributed by atoms with Crippen LogP contribution in [0.3, 0.4) is 0 Å². The Morgan fingerprint density at radius 1 is 1.11 bits per heavy atom. The average molecular weight is 505 g/mol. The second-order valence-electron chi connectivity index (χ2n) is 8.44. The van der Waals surface area contributed by atoms with E-state index in [0.717, 1.165) is 35.1 Å². The third kappa shape index (κ3) is 5.69. The van der Waals surface area contributed by atoms with Gasteiger partial charge < -0.3 is 19.3 Å². The van der Waals surface area contributed by atoms with Crippen LogP contribution in [-0.2, 0) is 35.1 Å². The number of pyridine rings is 2. The predicted molar refractivity (Wildman–Crippen MR) is 130 cm³/mol. The topological polar surface area (TPSA) is 154 Å². The molecule has 4 heterocycles. The maximum absolute atomic E-state index is 10.9. The first-order chi connectivity index (χ1) is 17.3. The van der Waals surface area contributed by atoms with Crippen LogP contribution >= 0.6 is 7.82 Å². The van der Waals surface area contributed by atoms with Gasteiger partial charge in [-0.15, -0.1) is 0 Å². The van der Waals surface area contributed by atoms with Gasteiger partial charge in [0.2, 0.25) is 0 Å². The number of hydrogen-bond acceptors (Lipinski definition) is 7. The highest BCUT2D eigenvalue weighted by Gasteiger charge is 2.18. The van der Waals surface area contributed by atoms with Crippen molar-refractivity contribution >= 4 is 24.7 Å². The van der Waals surface area contributed by atoms with Crippen LogP contribution in [0.15, 0.2) is 77.7 Å². The zero-order chi connectivity index (χ0) is 25.1. The number of rotatable bonds is 9. The van der Waals surface area contributed by atoms with Crippen LogP contribution in [0, 0.1) is 0 Å². The van der Waals surface area contributed by atoms with Crippen molar-refractivity contribution in [3.8, 4) is 11.3 Å². The number of phosphoric acid groups is 1. The van der Waals surface area contributed by atoms with Crippen molar-refractivity contribution in [2.45, 2.75) is 26.0 Å². The van der Waals surface area contributed by atoms with E-state index in [4.69, 9.17) is 15.2 Å². The molecule has 4 N–H and O–H groups in total. The Labute approximate surface area is 206 Å². The molecule has 11 heteroatoms. The molecule has 1 unspecified atom stereocenters. The van der Waals surface area contributed by atoms with E-state index >= 15 is 0 Å². The van der Waals surface area contributed by atoms with Gasteiger partial charge in [-0.2, -0.15) is 0 Å². The summed E-state index contributed by atoms with van der Waals surface area (Å²) in [7, 11) is -4.87. The molecular formula is C25H24N5O5P. The van der Waals surface area contributed by atoms with Gasteiger partial charge in [-0.25, -0.2) is 9.55 Å². The lowest BCUT2D eigenvalue weighted by molar-refractivity contribution is -0.712. The minimum atomic E-state index is -4.87. The molecule has 36 heavy (non-hydrogen) atoms. The number of anilines is 1. The van der Waals surface area contributed by atoms with Gasteiger partial charge in [-0.05, 0) is 53.8 Å². The number of nitrogens with zero attached hydrogens (tertiary/aromatic N) is 3. The van der Waals surface area contributed by atoms with Gasteiger partial charge in [-0.3, -0.25) is 14.8 Å². The molecule has 0 aliphatic heterocycles. The quantitative estimate of drug-likeness (QED) is 0.204. The number of nitrogens with two attached hydrogens (primary N) is 1. The monoisotopic (exact) mass is 505 g/mol. The largest absolute Gasteiger partial charge is 0.756 e. The van der Waals surface area contributed by atoms with Crippen molar-refractivity contribution in [3.05, 3.63) is 95.6 Å². The van der Waals surface area contributed by atoms with Gasteiger partial charge in [0.15, 0.2) is 12.5 Å². The van der Waals surface area contributed by atoms with Crippen molar-refractivity contribution in [1.82, 2.24) is 15.1 Å². The number of nitrogens with one attached hydrogen (secondary N) is 1. The molecule has 10 nitrogen and oxygen atoms in total. The zero-order valence-electron chi connectivity index (χ0n) is 19.2. The van der Waals surface area contributed by atoms with Crippen LogP contribution in [-0.4, -0.2) is 20.0 Å². The van der Waals surface area contributed by atoms with Crippen LogP contribution in [0.5, 0.6) is 0 Å². The van der Waals surface area contributed by atoms with Crippen LogP contribution in [0.2, 0.25) is 0 Å². The second-order valence-corrected chi connectivity index (χ2v) is 9.63. The van der Waals surface area contributed by atoms with Crippen molar-refractivity contribution < 1.29 is 28.0 Å². The van der Waals surface area contributed by atoms with Crippen LogP contribution < -0.4 is 15.2 Å². The molecule has 0 spiro atoms. The second kappa shape index (κ2) is 10.0. The highest BCUT2D eigenvalue weighted by molar-refractivity contribution is 7.44. The average Bonchev–Trinajstić information content (AvgIpc) is 3.52. The Balaban J connectivity index is 1.21. The summed E-state index contributed by atoms with van der Waals surface area (Å²) in [6, 6.07) is 17.8. The number of aryl methyl sites for hydroxylation is 2. The van der Waals surface area contributed by atoms with Crippen molar-refractivity contribution in [2.75, 3.05) is 5.73 Å². The first kappa shape index (κ1) is 23.9. The van der Waals surface area contributed by atoms with Gasteiger partial charge in [0.25, 0.3) is 13.6 Å². The fraction of sp³-hybridized carbons (Fsp3) is 0.160. The van der Waals surface area contributed by atoms with E-state index in [1.54, 1.807) is 18.2 Å². The summed E-state index contributed by atoms with van der Waals surface area (Å²) in [5.41, 5.74) is 11.8. The Kier molecular flexibility index (Phi) is 6.67. The fourth-order valence-electron chi connectivity index (χ4n) is 3.99. The minimum absolute atomic E-state index is 0.212. The molecule has 0 saturated heterocycles. The maximum Gasteiger partial charge on any atom is 0.285 e. The summed E-state index contributed by atoms with van der Waals surface area (Å²) in [6.07, 6.45) is 7.75. The van der Waals surface area contributed by atoms with E-state index in [1.165, 1.54) is 21.9 Å². The summed E-state index contributed by atoms with van der Waals surface area (Å²) in [5, 5.41) is 5.27. The van der Waals surface area contributed by atoms with Gasteiger partial charge >= 0.3 is 0 Å². The Bertz CT molecular complexity index is 1540. The summed E-state index contributed by atoms with van der Waals surface area (Å²) in [5.74, 6) is 0.652. The number of H-pyrrole nitrogens is 1. The number of benzene rings is 1. The Morgan fingerprint density at radius 2 is 1.89 bits per heavy atom. The van der Waals surface area contributed by atoms with E-state index in [9.17, 15) is 9.46 Å². The number of hydrogen-bond donors (Lipinski definition) is 3. The summed E-state index contributed by atoms with van der Waals surface area (Å²) in [6.45, 7) is -0.457. The van der Waals surface area contributed by atoms with E-state index < -0.39 is 14.6 Å². The number of fused-ring (bicyclic) bond motifs is 1. The van der Waals surface area contributed by atoms with Gasteiger partial charge in [-0.1, -0.05) is 29.4 Å². The Hall–Kier alpha value is -3.82. The molecule has 0 amide bonds. The molecule has 1 atom stereocenters. The SMILES string of the molecule is Nc1c(-c2cc(Cc3ccc(CCc4cnc5[nH]ccc5c4)cc3)no2)ccc[n+]1COP(=O)([O-])O. The highest BCUT2D eigenvalue weighted by atomic mass is 31.2. The van der Waals surface area contributed by atoms with Crippen molar-refractivity contribution in [3.63, 3.8) is 0 Å². The molecular weight excluding hydrogens is 481 g/mol. The standard InChI is InChI=1S/C25H24N5O5P/c26-24-22(2-1-11-30(24)16-34-36(31,32)33)23-14-21(29-35-23)13-18-6-3-17(4-7-18)5-8-19-12-20-9-10-27-25(20)28-15-19/h1-4,6-7,9-12,14-15,26H,5,8,13,16H2,(H3,27,28,31,32,33). The number of aromatic amines is 1. The van der Waals surface area contributed by atoms with Crippen molar-refractivity contribution in [1.29, 1.82) is 0 Å². The molecule has 0 fully saturated rings. The van der Waals surface area contributed by atoms with E-state index in [1.807, 2.05) is 18.5 Å². The molecule has 5 aromatic rings. The number of aromatic nitrogens is 4. The highest BCUT2D eigenvalue weighted by Crippen LogP contribution is 2.30. The summed E-state index contributed by atoms with van der Waals surface area (Å²) >= 11 is 0. The molecule has 0 radical (unpaired) electrons. The molecule has 0 aliphatic carbocycles. The van der Waals surface area contributed by atoms with Gasteiger partial charge in [0.1, 0.15) is 11.2 Å². The van der Waals surface area contributed by atoms with E-state index in [-0.39, 0.29) is 5.82 Å². The smallest absolute Gasteiger partial charge is 0.285 e. The molecule has 184 valence electrons. The van der Waals surface area contributed by atoms with Crippen LogP contribution in [0.1, 0.15) is 22.4 Å². The summed E-state index contributed by atoms with van der Waals surface area (Å²) in [4.78, 5) is 27.3. The molecule has 1 aromatic carbocycles. The van der Waals surface area contributed by atoms with Crippen LogP contribution in [0.25, 0.3) is 22.4 Å². The first-order valence-corrected chi connectivity index (χ1v) is 12.8. The first-order valence-electron chi connectivity index (χ1n) is 11.3. The minimum Gasteiger partial charge on any atom is -0.756 e. The number of nitrogen functional groups attached to an aromatic ring is 1. The predicted octanol–water partition coefficient (Wildman–Crippen LogP) is 2.90. The fourth-order valence-corrected chi connectivity index (χ4v) is 4.26. The Morgan fingerprint density at radius 3 is 2.69 bits per heavy atom. The van der Waals surface area contributed by atoms with E-state index in [2.05, 4.69) is 50.0 Å². The van der Waals surface area contributed by atoms with Crippen molar-refractivity contribution in [2.24, 2.45) is 0 Å². The molecule has 0 saturated carbocycles. The third-order valence-electron chi connectivity index (χ3n) is 5.87. The lowest BCUT2D eigenvalue weighted by Gasteiger charge is -2.14. The third-order valence-corrected chi connectivity index (χ3v) is 6.31. The molecule has 5 rings (SSSR count). The summed E-state index contributed by atoms with van der Waals surface area (Å²) < 4.78 is 22.1. The lowest BCUT2D eigenvalue weighted by atomic mass is 10.0. The number of phosphoric ester groups is 1. The zero-order valence-corrected chi connectivity index (χ0v) is 20.1. The molecule has 4 aromatic heterocycles. The maximum atomic E-state index is 10.9. The van der Waals surface area contributed by atoms with Gasteiger partial charge in [0.05, 0.1) is 11.9 Å². The van der Waals surface area contributed by atoms with E-state index in [0.29, 0.717) is 17.7 Å². The van der Waals surface area contributed by atoms with Gasteiger partial charge in [0, 0.05) is 30.3 Å². The molecule has 0 bridgehead atoms.